The number of carbonyl (C=O) groups is 1. The van der Waals surface area contributed by atoms with Crippen molar-refractivity contribution in [3.8, 4) is 5.75 Å². The number of aliphatic hydroxyl groups excluding tert-OH is 1. The van der Waals surface area contributed by atoms with E-state index >= 15 is 0 Å². The minimum absolute atomic E-state index is 0.112. The molecular formula is C17H19ClN2O3. The summed E-state index contributed by atoms with van der Waals surface area (Å²) in [5, 5.41) is 16.0. The maximum atomic E-state index is 11.8. The van der Waals surface area contributed by atoms with Gasteiger partial charge in [-0.2, -0.15) is 0 Å². The van der Waals surface area contributed by atoms with Gasteiger partial charge in [0.25, 0.3) is 0 Å². The van der Waals surface area contributed by atoms with Crippen molar-refractivity contribution in [1.82, 2.24) is 10.6 Å². The van der Waals surface area contributed by atoms with Gasteiger partial charge in [0.1, 0.15) is 5.75 Å². The number of rotatable bonds is 6. The Morgan fingerprint density at radius 2 is 1.87 bits per heavy atom. The number of aliphatic hydroxyl groups is 1. The summed E-state index contributed by atoms with van der Waals surface area (Å²) in [5.74, 6) is 0.714. The molecule has 122 valence electrons. The van der Waals surface area contributed by atoms with Crippen molar-refractivity contribution in [3.63, 3.8) is 0 Å². The number of hydrogen-bond donors (Lipinski definition) is 3. The van der Waals surface area contributed by atoms with Crippen molar-refractivity contribution < 1.29 is 14.6 Å². The second kappa shape index (κ2) is 8.41. The summed E-state index contributed by atoms with van der Waals surface area (Å²) in [7, 11) is 1.58. The van der Waals surface area contributed by atoms with E-state index in [1.54, 1.807) is 37.4 Å². The fraction of sp³-hybridized carbons (Fsp3) is 0.235. The molecule has 6 heteroatoms. The summed E-state index contributed by atoms with van der Waals surface area (Å²) in [6.07, 6.45) is -0.785. The molecule has 3 N–H and O–H groups in total. The van der Waals surface area contributed by atoms with E-state index in [2.05, 4.69) is 10.6 Å². The number of amides is 2. The standard InChI is InChI=1S/C17H19ClN2O3/c1-23-14-8-6-12(7-9-14)16(21)11-20-17(22)19-10-13-4-2-3-5-15(13)18/h2-9,16,21H,10-11H2,1H3,(H2,19,20,22). The van der Waals surface area contributed by atoms with Crippen molar-refractivity contribution in [2.75, 3.05) is 13.7 Å². The van der Waals surface area contributed by atoms with Crippen LogP contribution in [0.5, 0.6) is 5.75 Å². The first kappa shape index (κ1) is 17.1. The molecular weight excluding hydrogens is 316 g/mol. The maximum absolute atomic E-state index is 11.8. The first-order chi connectivity index (χ1) is 11.1. The Morgan fingerprint density at radius 1 is 1.17 bits per heavy atom. The van der Waals surface area contributed by atoms with E-state index in [9.17, 15) is 9.90 Å². The fourth-order valence-corrected chi connectivity index (χ4v) is 2.22. The van der Waals surface area contributed by atoms with Crippen molar-refractivity contribution in [2.24, 2.45) is 0 Å². The number of urea groups is 1. The highest BCUT2D eigenvalue weighted by molar-refractivity contribution is 6.31. The molecule has 0 aliphatic carbocycles. The van der Waals surface area contributed by atoms with E-state index in [1.807, 2.05) is 18.2 Å². The predicted molar refractivity (Wildman–Crippen MR) is 89.6 cm³/mol. The van der Waals surface area contributed by atoms with E-state index in [-0.39, 0.29) is 12.6 Å². The van der Waals surface area contributed by atoms with E-state index in [1.165, 1.54) is 0 Å². The van der Waals surface area contributed by atoms with E-state index in [4.69, 9.17) is 16.3 Å². The van der Waals surface area contributed by atoms with Gasteiger partial charge in [0.05, 0.1) is 13.2 Å². The summed E-state index contributed by atoms with van der Waals surface area (Å²) in [6, 6.07) is 14.0. The molecule has 0 aliphatic heterocycles. The molecule has 2 aromatic rings. The number of ether oxygens (including phenoxy) is 1. The van der Waals surface area contributed by atoms with Gasteiger partial charge in [-0.25, -0.2) is 4.79 Å². The van der Waals surface area contributed by atoms with Crippen LogP contribution < -0.4 is 15.4 Å². The van der Waals surface area contributed by atoms with E-state index in [0.717, 1.165) is 5.56 Å². The van der Waals surface area contributed by atoms with Crippen LogP contribution in [-0.4, -0.2) is 24.8 Å². The summed E-state index contributed by atoms with van der Waals surface area (Å²) in [4.78, 5) is 11.8. The third kappa shape index (κ3) is 5.16. The average Bonchev–Trinajstić information content (AvgIpc) is 2.59. The quantitative estimate of drug-likeness (QED) is 0.760. The van der Waals surface area contributed by atoms with Crippen LogP contribution in [0.1, 0.15) is 17.2 Å². The molecule has 0 bridgehead atoms. The van der Waals surface area contributed by atoms with Gasteiger partial charge in [-0.15, -0.1) is 0 Å². The number of carbonyl (C=O) groups excluding carboxylic acids is 1. The Morgan fingerprint density at radius 3 is 2.52 bits per heavy atom. The predicted octanol–water partition coefficient (Wildman–Crippen LogP) is 2.88. The maximum Gasteiger partial charge on any atom is 0.315 e. The summed E-state index contributed by atoms with van der Waals surface area (Å²) in [5.41, 5.74) is 1.54. The van der Waals surface area contributed by atoms with Crippen LogP contribution in [0.3, 0.4) is 0 Å². The molecule has 0 saturated carbocycles. The lowest BCUT2D eigenvalue weighted by molar-refractivity contribution is 0.173. The Hall–Kier alpha value is -2.24. The summed E-state index contributed by atoms with van der Waals surface area (Å²) >= 11 is 6.02. The molecule has 5 nitrogen and oxygen atoms in total. The fourth-order valence-electron chi connectivity index (χ4n) is 2.01. The zero-order chi connectivity index (χ0) is 16.7. The molecule has 2 rings (SSSR count). The Kier molecular flexibility index (Phi) is 6.26. The Labute approximate surface area is 140 Å². The largest absolute Gasteiger partial charge is 0.497 e. The molecule has 23 heavy (non-hydrogen) atoms. The van der Waals surface area contributed by atoms with Crippen LogP contribution in [-0.2, 0) is 6.54 Å². The van der Waals surface area contributed by atoms with Gasteiger partial charge in [0.2, 0.25) is 0 Å². The number of hydrogen-bond acceptors (Lipinski definition) is 3. The third-order valence-corrected chi connectivity index (χ3v) is 3.72. The van der Waals surface area contributed by atoms with Crippen molar-refractivity contribution in [2.45, 2.75) is 12.6 Å². The van der Waals surface area contributed by atoms with Crippen LogP contribution >= 0.6 is 11.6 Å². The monoisotopic (exact) mass is 334 g/mol. The minimum Gasteiger partial charge on any atom is -0.497 e. The molecule has 2 aromatic carbocycles. The van der Waals surface area contributed by atoms with Crippen molar-refractivity contribution >= 4 is 17.6 Å². The van der Waals surface area contributed by atoms with Gasteiger partial charge in [-0.05, 0) is 29.3 Å². The molecule has 1 unspecified atom stereocenters. The minimum atomic E-state index is -0.785. The SMILES string of the molecule is COc1ccc(C(O)CNC(=O)NCc2ccccc2Cl)cc1. The molecule has 0 radical (unpaired) electrons. The molecule has 0 heterocycles. The topological polar surface area (TPSA) is 70.6 Å². The highest BCUT2D eigenvalue weighted by Gasteiger charge is 2.10. The van der Waals surface area contributed by atoms with Gasteiger partial charge in [-0.3, -0.25) is 0 Å². The Bertz CT molecular complexity index is 647. The smallest absolute Gasteiger partial charge is 0.315 e. The molecule has 1 atom stereocenters. The lowest BCUT2D eigenvalue weighted by Gasteiger charge is -2.13. The second-order valence-corrected chi connectivity index (χ2v) is 5.35. The van der Waals surface area contributed by atoms with Gasteiger partial charge in [0.15, 0.2) is 0 Å². The normalized spacial score (nSPS) is 11.6. The van der Waals surface area contributed by atoms with Crippen LogP contribution in [0.15, 0.2) is 48.5 Å². The summed E-state index contributed by atoms with van der Waals surface area (Å²) < 4.78 is 5.06. The van der Waals surface area contributed by atoms with E-state index in [0.29, 0.717) is 22.9 Å². The summed E-state index contributed by atoms with van der Waals surface area (Å²) in [6.45, 7) is 0.435. The number of halogens is 1. The third-order valence-electron chi connectivity index (χ3n) is 3.35. The highest BCUT2D eigenvalue weighted by Crippen LogP contribution is 2.17. The molecule has 2 amide bonds. The number of methoxy groups -OCH3 is 1. The van der Waals surface area contributed by atoms with Crippen LogP contribution in [0, 0.1) is 0 Å². The van der Waals surface area contributed by atoms with Gasteiger partial charge in [-0.1, -0.05) is 41.9 Å². The van der Waals surface area contributed by atoms with Crippen LogP contribution in [0.4, 0.5) is 4.79 Å². The number of nitrogens with one attached hydrogen (secondary N) is 2. The molecule has 0 spiro atoms. The van der Waals surface area contributed by atoms with Crippen molar-refractivity contribution in [3.05, 3.63) is 64.7 Å². The zero-order valence-corrected chi connectivity index (χ0v) is 13.5. The first-order valence-corrected chi connectivity index (χ1v) is 7.55. The van der Waals surface area contributed by atoms with Gasteiger partial charge in [0, 0.05) is 18.1 Å². The van der Waals surface area contributed by atoms with Crippen LogP contribution in [0.2, 0.25) is 5.02 Å². The zero-order valence-electron chi connectivity index (χ0n) is 12.8. The number of benzene rings is 2. The van der Waals surface area contributed by atoms with E-state index < -0.39 is 6.10 Å². The lowest BCUT2D eigenvalue weighted by atomic mass is 10.1. The molecule has 0 saturated heterocycles. The van der Waals surface area contributed by atoms with Gasteiger partial charge >= 0.3 is 6.03 Å². The first-order valence-electron chi connectivity index (χ1n) is 7.17. The average molecular weight is 335 g/mol. The molecule has 0 aromatic heterocycles. The Balaban J connectivity index is 1.78. The molecule has 0 aliphatic rings. The lowest BCUT2D eigenvalue weighted by Crippen LogP contribution is -2.37. The van der Waals surface area contributed by atoms with Crippen LogP contribution in [0.25, 0.3) is 0 Å². The molecule has 0 fully saturated rings. The highest BCUT2D eigenvalue weighted by atomic mass is 35.5. The van der Waals surface area contributed by atoms with Gasteiger partial charge < -0.3 is 20.5 Å². The van der Waals surface area contributed by atoms with Crippen molar-refractivity contribution in [1.29, 1.82) is 0 Å². The second-order valence-electron chi connectivity index (χ2n) is 4.94.